The van der Waals surface area contributed by atoms with Gasteiger partial charge < -0.3 is 5.73 Å². The van der Waals surface area contributed by atoms with Gasteiger partial charge in [0.15, 0.2) is 0 Å². The van der Waals surface area contributed by atoms with Gasteiger partial charge in [0, 0.05) is 26.5 Å². The van der Waals surface area contributed by atoms with Gasteiger partial charge in [0.2, 0.25) is 0 Å². The molecule has 1 atom stereocenters. The first-order valence-electron chi connectivity index (χ1n) is 6.48. The molecule has 0 aliphatic rings. The summed E-state index contributed by atoms with van der Waals surface area (Å²) in [6.45, 7) is 2.11. The van der Waals surface area contributed by atoms with Crippen LogP contribution in [0.25, 0.3) is 10.9 Å². The number of pyridine rings is 1. The number of hydrogen-bond acceptors (Lipinski definition) is 3. The molecule has 0 fully saturated rings. The predicted octanol–water partition coefficient (Wildman–Crippen LogP) is 4.61. The largest absolute Gasteiger partial charge is 0.322 e. The number of rotatable bonds is 3. The molecule has 20 heavy (non-hydrogen) atoms. The smallest absolute Gasteiger partial charge is 0.0708 e. The Balaban J connectivity index is 1.93. The highest BCUT2D eigenvalue weighted by Gasteiger charge is 2.12. The normalized spacial score (nSPS) is 12.8. The van der Waals surface area contributed by atoms with Crippen molar-refractivity contribution in [3.05, 3.63) is 62.4 Å². The van der Waals surface area contributed by atoms with Gasteiger partial charge in [-0.15, -0.1) is 11.3 Å². The third kappa shape index (κ3) is 2.77. The number of aromatic nitrogens is 1. The fourth-order valence-electron chi connectivity index (χ4n) is 2.35. The van der Waals surface area contributed by atoms with Crippen molar-refractivity contribution in [1.82, 2.24) is 4.98 Å². The van der Waals surface area contributed by atoms with Gasteiger partial charge in [-0.3, -0.25) is 4.98 Å². The van der Waals surface area contributed by atoms with Gasteiger partial charge in [-0.25, -0.2) is 0 Å². The fourth-order valence-corrected chi connectivity index (χ4v) is 3.86. The molecule has 0 saturated carbocycles. The third-order valence-electron chi connectivity index (χ3n) is 3.37. The van der Waals surface area contributed by atoms with Crippen molar-refractivity contribution in [1.29, 1.82) is 0 Å². The summed E-state index contributed by atoms with van der Waals surface area (Å²) in [5, 5.41) is 3.28. The SMILES string of the molecule is Cc1cc(C(N)Cc2cc(Br)cs2)nc2ccccc12. The second-order valence-corrected chi connectivity index (χ2v) is 6.83. The van der Waals surface area contributed by atoms with Crippen molar-refractivity contribution >= 4 is 38.2 Å². The van der Waals surface area contributed by atoms with Crippen LogP contribution in [-0.4, -0.2) is 4.98 Å². The van der Waals surface area contributed by atoms with Crippen molar-refractivity contribution in [3.63, 3.8) is 0 Å². The van der Waals surface area contributed by atoms with Crippen LogP contribution in [0.2, 0.25) is 0 Å². The zero-order chi connectivity index (χ0) is 14.1. The van der Waals surface area contributed by atoms with Gasteiger partial charge in [0.05, 0.1) is 17.3 Å². The number of nitrogens with zero attached hydrogens (tertiary/aromatic N) is 1. The van der Waals surface area contributed by atoms with Crippen LogP contribution in [0.1, 0.15) is 22.2 Å². The van der Waals surface area contributed by atoms with Crippen LogP contribution in [0.5, 0.6) is 0 Å². The maximum atomic E-state index is 6.33. The first-order chi connectivity index (χ1) is 9.63. The molecule has 0 spiro atoms. The van der Waals surface area contributed by atoms with Gasteiger partial charge in [0.25, 0.3) is 0 Å². The van der Waals surface area contributed by atoms with Gasteiger partial charge >= 0.3 is 0 Å². The zero-order valence-corrected chi connectivity index (χ0v) is 13.5. The number of thiophene rings is 1. The maximum Gasteiger partial charge on any atom is 0.0708 e. The predicted molar refractivity (Wildman–Crippen MR) is 89.1 cm³/mol. The van der Waals surface area contributed by atoms with Crippen LogP contribution in [0.15, 0.2) is 46.3 Å². The van der Waals surface area contributed by atoms with Crippen LogP contribution in [0, 0.1) is 6.92 Å². The summed E-state index contributed by atoms with van der Waals surface area (Å²) in [7, 11) is 0. The second-order valence-electron chi connectivity index (χ2n) is 4.92. The summed E-state index contributed by atoms with van der Waals surface area (Å²) in [5.74, 6) is 0. The van der Waals surface area contributed by atoms with Crippen LogP contribution >= 0.6 is 27.3 Å². The summed E-state index contributed by atoms with van der Waals surface area (Å²) in [6, 6.07) is 12.4. The molecule has 2 heterocycles. The van der Waals surface area contributed by atoms with E-state index in [1.54, 1.807) is 11.3 Å². The van der Waals surface area contributed by atoms with E-state index in [4.69, 9.17) is 10.7 Å². The minimum absolute atomic E-state index is 0.0659. The molecule has 2 aromatic heterocycles. The topological polar surface area (TPSA) is 38.9 Å². The van der Waals surface area contributed by atoms with Crippen molar-refractivity contribution in [3.8, 4) is 0 Å². The van der Waals surface area contributed by atoms with E-state index >= 15 is 0 Å². The summed E-state index contributed by atoms with van der Waals surface area (Å²) >= 11 is 5.20. The number of fused-ring (bicyclic) bond motifs is 1. The molecule has 0 aliphatic carbocycles. The Morgan fingerprint density at radius 2 is 2.10 bits per heavy atom. The van der Waals surface area contributed by atoms with Crippen LogP contribution in [0.4, 0.5) is 0 Å². The number of nitrogens with two attached hydrogens (primary N) is 1. The van der Waals surface area contributed by atoms with E-state index in [-0.39, 0.29) is 6.04 Å². The summed E-state index contributed by atoms with van der Waals surface area (Å²) < 4.78 is 1.12. The van der Waals surface area contributed by atoms with Crippen molar-refractivity contribution in [2.45, 2.75) is 19.4 Å². The Kier molecular flexibility index (Phi) is 3.87. The van der Waals surface area contributed by atoms with E-state index in [0.29, 0.717) is 0 Å². The molecule has 3 rings (SSSR count). The molecule has 0 saturated heterocycles. The van der Waals surface area contributed by atoms with Gasteiger partial charge in [-0.05, 0) is 46.6 Å². The van der Waals surface area contributed by atoms with Gasteiger partial charge in [0.1, 0.15) is 0 Å². The number of para-hydroxylation sites is 1. The minimum Gasteiger partial charge on any atom is -0.322 e. The van der Waals surface area contributed by atoms with E-state index in [0.717, 1.165) is 22.1 Å². The van der Waals surface area contributed by atoms with E-state index in [1.807, 2.05) is 18.2 Å². The highest BCUT2D eigenvalue weighted by Crippen LogP contribution is 2.26. The highest BCUT2D eigenvalue weighted by atomic mass is 79.9. The number of halogens is 1. The number of aryl methyl sites for hydroxylation is 1. The minimum atomic E-state index is -0.0659. The lowest BCUT2D eigenvalue weighted by Crippen LogP contribution is -2.14. The summed E-state index contributed by atoms with van der Waals surface area (Å²) in [6.07, 6.45) is 0.820. The zero-order valence-electron chi connectivity index (χ0n) is 11.1. The van der Waals surface area contributed by atoms with Crippen LogP contribution in [-0.2, 0) is 6.42 Å². The van der Waals surface area contributed by atoms with Crippen molar-refractivity contribution < 1.29 is 0 Å². The van der Waals surface area contributed by atoms with Gasteiger partial charge in [-0.2, -0.15) is 0 Å². The maximum absolute atomic E-state index is 6.33. The molecule has 3 aromatic rings. The molecule has 1 unspecified atom stereocenters. The first-order valence-corrected chi connectivity index (χ1v) is 8.15. The Morgan fingerprint density at radius 3 is 2.85 bits per heavy atom. The molecule has 0 radical (unpaired) electrons. The standard InChI is InChI=1S/C16H15BrN2S/c1-10-6-16(19-15-5-3-2-4-13(10)15)14(18)8-12-7-11(17)9-20-12/h2-7,9,14H,8,18H2,1H3. The monoisotopic (exact) mass is 346 g/mol. The molecule has 102 valence electrons. The highest BCUT2D eigenvalue weighted by molar-refractivity contribution is 9.10. The Bertz CT molecular complexity index is 751. The lowest BCUT2D eigenvalue weighted by molar-refractivity contribution is 0.706. The fraction of sp³-hybridized carbons (Fsp3) is 0.188. The quantitative estimate of drug-likeness (QED) is 0.751. The molecular formula is C16H15BrN2S. The average molecular weight is 347 g/mol. The van der Waals surface area contributed by atoms with E-state index in [2.05, 4.69) is 46.4 Å². The summed E-state index contributed by atoms with van der Waals surface area (Å²) in [5.41, 5.74) is 9.54. The Hall–Kier alpha value is -1.23. The Labute approximate surface area is 130 Å². The van der Waals surface area contributed by atoms with Crippen LogP contribution in [0.3, 0.4) is 0 Å². The van der Waals surface area contributed by atoms with Crippen molar-refractivity contribution in [2.75, 3.05) is 0 Å². The third-order valence-corrected chi connectivity index (χ3v) is 5.09. The molecule has 2 nitrogen and oxygen atoms in total. The molecule has 0 aliphatic heterocycles. The molecule has 1 aromatic carbocycles. The summed E-state index contributed by atoms with van der Waals surface area (Å²) in [4.78, 5) is 5.98. The molecule has 0 bridgehead atoms. The number of hydrogen-bond donors (Lipinski definition) is 1. The molecule has 2 N–H and O–H groups in total. The average Bonchev–Trinajstić information content (AvgIpc) is 2.84. The number of benzene rings is 1. The molecular weight excluding hydrogens is 332 g/mol. The molecule has 4 heteroatoms. The first kappa shape index (κ1) is 13.7. The lowest BCUT2D eigenvalue weighted by Gasteiger charge is -2.12. The van der Waals surface area contributed by atoms with Crippen molar-refractivity contribution in [2.24, 2.45) is 5.73 Å². The van der Waals surface area contributed by atoms with Crippen LogP contribution < -0.4 is 5.73 Å². The van der Waals surface area contributed by atoms with E-state index in [9.17, 15) is 0 Å². The second kappa shape index (κ2) is 5.64. The van der Waals surface area contributed by atoms with E-state index < -0.39 is 0 Å². The Morgan fingerprint density at radius 1 is 1.30 bits per heavy atom. The van der Waals surface area contributed by atoms with E-state index in [1.165, 1.54) is 15.8 Å². The molecule has 0 amide bonds. The van der Waals surface area contributed by atoms with Gasteiger partial charge in [-0.1, -0.05) is 18.2 Å². The lowest BCUT2D eigenvalue weighted by atomic mass is 10.0.